The molecule has 0 atom stereocenters. The number of para-hydroxylation sites is 1. The summed E-state index contributed by atoms with van der Waals surface area (Å²) in [5, 5.41) is 1.61. The lowest BCUT2D eigenvalue weighted by atomic mass is 10.1. The molecular weight excluding hydrogens is 230 g/mol. The maximum atomic E-state index is 6.13. The molecule has 81 valence electrons. The van der Waals surface area contributed by atoms with Crippen molar-refractivity contribution in [3.8, 4) is 11.3 Å². The van der Waals surface area contributed by atoms with Gasteiger partial charge in [0.1, 0.15) is 0 Å². The van der Waals surface area contributed by atoms with Gasteiger partial charge in [-0.2, -0.15) is 0 Å². The van der Waals surface area contributed by atoms with Crippen LogP contribution in [0.2, 0.25) is 5.02 Å². The second kappa shape index (κ2) is 4.19. The standard InChI is InChI=1S/C15H9ClN/c16-13-8-4-7-12-9-10-14(17-15(12)13)11-5-2-1-3-6-11/h1-8,10H. The van der Waals surface area contributed by atoms with Crippen molar-refractivity contribution in [3.05, 3.63) is 65.7 Å². The number of aromatic nitrogens is 1. The van der Waals surface area contributed by atoms with E-state index in [0.29, 0.717) is 5.02 Å². The third-order valence-electron chi connectivity index (χ3n) is 2.65. The van der Waals surface area contributed by atoms with Crippen LogP contribution in [0.1, 0.15) is 0 Å². The Morgan fingerprint density at radius 3 is 2.59 bits per heavy atom. The molecule has 3 rings (SSSR count). The highest BCUT2D eigenvalue weighted by Gasteiger charge is 2.03. The van der Waals surface area contributed by atoms with Crippen molar-refractivity contribution in [2.45, 2.75) is 0 Å². The van der Waals surface area contributed by atoms with E-state index in [0.717, 1.165) is 22.2 Å². The van der Waals surface area contributed by atoms with Gasteiger partial charge in [-0.05, 0) is 18.2 Å². The van der Waals surface area contributed by atoms with E-state index in [-0.39, 0.29) is 0 Å². The molecule has 0 aliphatic rings. The Kier molecular flexibility index (Phi) is 2.54. The monoisotopic (exact) mass is 238 g/mol. The van der Waals surface area contributed by atoms with Gasteiger partial charge < -0.3 is 0 Å². The lowest BCUT2D eigenvalue weighted by molar-refractivity contribution is 1.40. The number of nitrogens with zero attached hydrogens (tertiary/aromatic N) is 1. The number of hydrogen-bond donors (Lipinski definition) is 0. The fourth-order valence-corrected chi connectivity index (χ4v) is 2.02. The van der Waals surface area contributed by atoms with E-state index in [4.69, 9.17) is 11.6 Å². The van der Waals surface area contributed by atoms with Crippen LogP contribution in [0.25, 0.3) is 22.2 Å². The second-order valence-corrected chi connectivity index (χ2v) is 4.19. The quantitative estimate of drug-likeness (QED) is 0.614. The van der Waals surface area contributed by atoms with Crippen LogP contribution in [-0.2, 0) is 0 Å². The largest absolute Gasteiger partial charge is 0.246 e. The average Bonchev–Trinajstić information content (AvgIpc) is 2.40. The molecule has 0 aliphatic carbocycles. The first-order chi connectivity index (χ1) is 8.34. The van der Waals surface area contributed by atoms with Crippen LogP contribution in [-0.4, -0.2) is 4.98 Å². The maximum absolute atomic E-state index is 6.13. The number of fused-ring (bicyclic) bond motifs is 1. The van der Waals surface area contributed by atoms with Gasteiger partial charge in [0, 0.05) is 10.9 Å². The number of halogens is 1. The zero-order chi connectivity index (χ0) is 11.7. The smallest absolute Gasteiger partial charge is 0.0901 e. The van der Waals surface area contributed by atoms with Crippen LogP contribution in [0.4, 0.5) is 0 Å². The fourth-order valence-electron chi connectivity index (χ4n) is 1.80. The molecule has 0 saturated heterocycles. The molecule has 0 aliphatic heterocycles. The zero-order valence-corrected chi connectivity index (χ0v) is 9.78. The molecule has 2 heteroatoms. The minimum absolute atomic E-state index is 0.663. The topological polar surface area (TPSA) is 12.9 Å². The number of rotatable bonds is 1. The van der Waals surface area contributed by atoms with Gasteiger partial charge in [0.05, 0.1) is 16.2 Å². The summed E-state index contributed by atoms with van der Waals surface area (Å²) in [5.41, 5.74) is 2.77. The zero-order valence-electron chi connectivity index (χ0n) is 9.02. The van der Waals surface area contributed by atoms with Crippen molar-refractivity contribution in [3.63, 3.8) is 0 Å². The summed E-state index contributed by atoms with van der Waals surface area (Å²) < 4.78 is 0. The highest BCUT2D eigenvalue weighted by molar-refractivity contribution is 6.35. The molecule has 1 radical (unpaired) electrons. The third kappa shape index (κ3) is 1.90. The van der Waals surface area contributed by atoms with Gasteiger partial charge in [0.15, 0.2) is 0 Å². The summed E-state index contributed by atoms with van der Waals surface area (Å²) >= 11 is 6.13. The first kappa shape index (κ1) is 10.3. The Morgan fingerprint density at radius 1 is 0.941 bits per heavy atom. The lowest BCUT2D eigenvalue weighted by Crippen LogP contribution is -1.85. The van der Waals surface area contributed by atoms with Crippen molar-refractivity contribution < 1.29 is 0 Å². The molecular formula is C15H9ClN. The average molecular weight is 239 g/mol. The van der Waals surface area contributed by atoms with E-state index < -0.39 is 0 Å². The van der Waals surface area contributed by atoms with Crippen molar-refractivity contribution in [2.75, 3.05) is 0 Å². The molecule has 1 heterocycles. The molecule has 1 aromatic heterocycles. The first-order valence-corrected chi connectivity index (χ1v) is 5.75. The SMILES string of the molecule is Clc1cccc2[c]cc(-c3ccccc3)nc12. The predicted molar refractivity (Wildman–Crippen MR) is 71.0 cm³/mol. The van der Waals surface area contributed by atoms with Crippen LogP contribution >= 0.6 is 11.6 Å². The Balaban J connectivity index is 2.23. The Labute approximate surface area is 105 Å². The van der Waals surface area contributed by atoms with E-state index in [1.807, 2.05) is 54.6 Å². The lowest BCUT2D eigenvalue weighted by Gasteiger charge is -2.03. The molecule has 0 bridgehead atoms. The summed E-state index contributed by atoms with van der Waals surface area (Å²) in [7, 11) is 0. The minimum Gasteiger partial charge on any atom is -0.246 e. The normalized spacial score (nSPS) is 10.6. The van der Waals surface area contributed by atoms with Crippen molar-refractivity contribution in [1.82, 2.24) is 4.98 Å². The molecule has 2 aromatic carbocycles. The van der Waals surface area contributed by atoms with Crippen LogP contribution in [0.15, 0.2) is 54.6 Å². The summed E-state index contributed by atoms with van der Waals surface area (Å²) in [4.78, 5) is 4.58. The van der Waals surface area contributed by atoms with E-state index in [1.165, 1.54) is 0 Å². The van der Waals surface area contributed by atoms with Gasteiger partial charge in [-0.1, -0.05) is 54.1 Å². The van der Waals surface area contributed by atoms with Crippen molar-refractivity contribution in [1.29, 1.82) is 0 Å². The third-order valence-corrected chi connectivity index (χ3v) is 2.96. The molecule has 17 heavy (non-hydrogen) atoms. The van der Waals surface area contributed by atoms with Gasteiger partial charge in [0.25, 0.3) is 0 Å². The summed E-state index contributed by atoms with van der Waals surface area (Å²) in [6.07, 6.45) is 0. The van der Waals surface area contributed by atoms with Gasteiger partial charge in [-0.15, -0.1) is 0 Å². The molecule has 1 nitrogen and oxygen atoms in total. The second-order valence-electron chi connectivity index (χ2n) is 3.79. The maximum Gasteiger partial charge on any atom is 0.0901 e. The Hall–Kier alpha value is -1.86. The van der Waals surface area contributed by atoms with Crippen LogP contribution in [0.3, 0.4) is 0 Å². The van der Waals surface area contributed by atoms with E-state index in [2.05, 4.69) is 11.1 Å². The van der Waals surface area contributed by atoms with Crippen molar-refractivity contribution >= 4 is 22.5 Å². The molecule has 3 aromatic rings. The highest BCUT2D eigenvalue weighted by Crippen LogP contribution is 2.24. The van der Waals surface area contributed by atoms with Crippen LogP contribution in [0, 0.1) is 6.07 Å². The van der Waals surface area contributed by atoms with Crippen LogP contribution in [0.5, 0.6) is 0 Å². The van der Waals surface area contributed by atoms with Gasteiger partial charge in [0.2, 0.25) is 0 Å². The van der Waals surface area contributed by atoms with Crippen molar-refractivity contribution in [2.24, 2.45) is 0 Å². The number of benzene rings is 2. The van der Waals surface area contributed by atoms with E-state index in [9.17, 15) is 0 Å². The minimum atomic E-state index is 0.663. The van der Waals surface area contributed by atoms with E-state index in [1.54, 1.807) is 0 Å². The van der Waals surface area contributed by atoms with Gasteiger partial charge in [-0.25, -0.2) is 4.98 Å². The summed E-state index contributed by atoms with van der Waals surface area (Å²) in [6.45, 7) is 0. The van der Waals surface area contributed by atoms with Gasteiger partial charge in [-0.3, -0.25) is 0 Å². The highest BCUT2D eigenvalue weighted by atomic mass is 35.5. The summed E-state index contributed by atoms with van der Waals surface area (Å²) in [6, 6.07) is 20.9. The van der Waals surface area contributed by atoms with E-state index >= 15 is 0 Å². The first-order valence-electron chi connectivity index (χ1n) is 5.37. The number of hydrogen-bond acceptors (Lipinski definition) is 1. The predicted octanol–water partition coefficient (Wildman–Crippen LogP) is 4.36. The molecule has 0 unspecified atom stereocenters. The molecule has 0 N–H and O–H groups in total. The molecule has 0 amide bonds. The molecule has 0 fully saturated rings. The molecule has 0 spiro atoms. The number of pyridine rings is 1. The fraction of sp³-hybridized carbons (Fsp3) is 0. The Bertz CT molecular complexity index is 662. The van der Waals surface area contributed by atoms with Gasteiger partial charge >= 0.3 is 0 Å². The summed E-state index contributed by atoms with van der Waals surface area (Å²) in [5.74, 6) is 0. The molecule has 0 saturated carbocycles. The van der Waals surface area contributed by atoms with Crippen LogP contribution < -0.4 is 0 Å². The Morgan fingerprint density at radius 2 is 1.76 bits per heavy atom.